The van der Waals surface area contributed by atoms with Crippen LogP contribution in [-0.2, 0) is 20.9 Å². The van der Waals surface area contributed by atoms with Crippen LogP contribution in [0.3, 0.4) is 0 Å². The fraction of sp³-hybridized carbons (Fsp3) is 0.353. The number of rotatable bonds is 3. The van der Waals surface area contributed by atoms with Crippen LogP contribution in [0.4, 0.5) is 4.79 Å². The largest absolute Gasteiger partial charge is 0.445 e. The maximum absolute atomic E-state index is 12.2. The SMILES string of the molecule is CN1C(=O)[C@H]2[C@@H](NC(=O)OCc3ccccc3)C=CC[C@H]2C1=O. The lowest BCUT2D eigenvalue weighted by atomic mass is 9.81. The van der Waals surface area contributed by atoms with Crippen LogP contribution < -0.4 is 5.32 Å². The van der Waals surface area contributed by atoms with Gasteiger partial charge in [0.05, 0.1) is 17.9 Å². The van der Waals surface area contributed by atoms with Crippen molar-refractivity contribution in [3.05, 3.63) is 48.0 Å². The molecule has 1 aliphatic carbocycles. The predicted octanol–water partition coefficient (Wildman–Crippen LogP) is 1.47. The average molecular weight is 314 g/mol. The molecule has 1 aromatic carbocycles. The zero-order valence-corrected chi connectivity index (χ0v) is 12.8. The molecule has 1 aliphatic heterocycles. The molecule has 0 bridgehead atoms. The molecule has 0 spiro atoms. The van der Waals surface area contributed by atoms with Crippen LogP contribution in [-0.4, -0.2) is 35.9 Å². The molecule has 1 aromatic rings. The molecule has 120 valence electrons. The zero-order valence-electron chi connectivity index (χ0n) is 12.8. The molecule has 2 aliphatic rings. The lowest BCUT2D eigenvalue weighted by Crippen LogP contribution is -2.45. The number of hydrogen-bond donors (Lipinski definition) is 1. The number of carbonyl (C=O) groups excluding carboxylic acids is 3. The van der Waals surface area contributed by atoms with Crippen molar-refractivity contribution in [3.63, 3.8) is 0 Å². The third-order valence-electron chi connectivity index (χ3n) is 4.31. The summed E-state index contributed by atoms with van der Waals surface area (Å²) in [6, 6.07) is 8.82. The Morgan fingerprint density at radius 1 is 1.26 bits per heavy atom. The van der Waals surface area contributed by atoms with Crippen molar-refractivity contribution in [1.82, 2.24) is 10.2 Å². The Labute approximate surface area is 134 Å². The Morgan fingerprint density at radius 3 is 2.74 bits per heavy atom. The van der Waals surface area contributed by atoms with E-state index in [1.54, 1.807) is 6.08 Å². The van der Waals surface area contributed by atoms with Gasteiger partial charge in [0.1, 0.15) is 6.61 Å². The summed E-state index contributed by atoms with van der Waals surface area (Å²) in [6.07, 6.45) is 3.51. The minimum atomic E-state index is -0.598. The molecule has 1 heterocycles. The molecular weight excluding hydrogens is 296 g/mol. The van der Waals surface area contributed by atoms with Crippen molar-refractivity contribution in [2.45, 2.75) is 19.1 Å². The van der Waals surface area contributed by atoms with Crippen LogP contribution >= 0.6 is 0 Å². The van der Waals surface area contributed by atoms with E-state index in [-0.39, 0.29) is 18.4 Å². The summed E-state index contributed by atoms with van der Waals surface area (Å²) in [5, 5.41) is 2.68. The van der Waals surface area contributed by atoms with Gasteiger partial charge in [-0.2, -0.15) is 0 Å². The first-order chi connectivity index (χ1) is 11.1. The maximum Gasteiger partial charge on any atom is 0.407 e. The molecule has 3 atom stereocenters. The van der Waals surface area contributed by atoms with Crippen molar-refractivity contribution in [1.29, 1.82) is 0 Å². The Hall–Kier alpha value is -2.63. The summed E-state index contributed by atoms with van der Waals surface area (Å²) in [4.78, 5) is 37.3. The molecule has 23 heavy (non-hydrogen) atoms. The van der Waals surface area contributed by atoms with E-state index in [1.807, 2.05) is 36.4 Å². The van der Waals surface area contributed by atoms with Gasteiger partial charge in [-0.25, -0.2) is 4.79 Å². The van der Waals surface area contributed by atoms with Crippen molar-refractivity contribution in [3.8, 4) is 0 Å². The van der Waals surface area contributed by atoms with E-state index in [9.17, 15) is 14.4 Å². The second kappa shape index (κ2) is 6.24. The average Bonchev–Trinajstić information content (AvgIpc) is 2.79. The Morgan fingerprint density at radius 2 is 2.00 bits per heavy atom. The van der Waals surface area contributed by atoms with Gasteiger partial charge in [-0.3, -0.25) is 14.5 Å². The van der Waals surface area contributed by atoms with Gasteiger partial charge < -0.3 is 10.1 Å². The highest BCUT2D eigenvalue weighted by Gasteiger charge is 2.50. The van der Waals surface area contributed by atoms with E-state index in [4.69, 9.17) is 4.74 Å². The van der Waals surface area contributed by atoms with Gasteiger partial charge in [0.25, 0.3) is 0 Å². The minimum Gasteiger partial charge on any atom is -0.445 e. The number of alkyl carbamates (subject to hydrolysis) is 1. The maximum atomic E-state index is 12.2. The highest BCUT2D eigenvalue weighted by Crippen LogP contribution is 2.34. The second-order valence-corrected chi connectivity index (χ2v) is 5.76. The molecule has 0 radical (unpaired) electrons. The van der Waals surface area contributed by atoms with E-state index < -0.39 is 24.0 Å². The van der Waals surface area contributed by atoms with Gasteiger partial charge in [0.15, 0.2) is 0 Å². The van der Waals surface area contributed by atoms with E-state index >= 15 is 0 Å². The number of benzene rings is 1. The Balaban J connectivity index is 1.62. The van der Waals surface area contributed by atoms with Crippen molar-refractivity contribution in [2.75, 3.05) is 7.05 Å². The molecular formula is C17H18N2O4. The Kier molecular flexibility index (Phi) is 4.14. The van der Waals surface area contributed by atoms with Gasteiger partial charge in [0.2, 0.25) is 11.8 Å². The van der Waals surface area contributed by atoms with Crippen LogP contribution in [0, 0.1) is 11.8 Å². The summed E-state index contributed by atoms with van der Waals surface area (Å²) in [5.41, 5.74) is 0.881. The Bertz CT molecular complexity index is 656. The molecule has 1 N–H and O–H groups in total. The molecule has 1 saturated heterocycles. The van der Waals surface area contributed by atoms with Gasteiger partial charge in [-0.05, 0) is 12.0 Å². The number of fused-ring (bicyclic) bond motifs is 1. The number of carbonyl (C=O) groups is 3. The highest BCUT2D eigenvalue weighted by atomic mass is 16.5. The van der Waals surface area contributed by atoms with E-state index in [1.165, 1.54) is 7.05 Å². The number of amides is 3. The van der Waals surface area contributed by atoms with Crippen molar-refractivity contribution < 1.29 is 19.1 Å². The summed E-state index contributed by atoms with van der Waals surface area (Å²) >= 11 is 0. The highest BCUT2D eigenvalue weighted by molar-refractivity contribution is 6.05. The first-order valence-corrected chi connectivity index (χ1v) is 7.53. The number of allylic oxidation sites excluding steroid dienone is 1. The lowest BCUT2D eigenvalue weighted by Gasteiger charge is -2.26. The standard InChI is InChI=1S/C17H18N2O4/c1-19-15(20)12-8-5-9-13(14(12)16(19)21)18-17(22)23-10-11-6-3-2-4-7-11/h2-7,9,12-14H,8,10H2,1H3,(H,18,22)/t12-,13+,14-/m1/s1. The molecule has 0 unspecified atom stereocenters. The van der Waals surface area contributed by atoms with Crippen LogP contribution in [0.15, 0.2) is 42.5 Å². The topological polar surface area (TPSA) is 75.7 Å². The van der Waals surface area contributed by atoms with Crippen molar-refractivity contribution in [2.24, 2.45) is 11.8 Å². The van der Waals surface area contributed by atoms with Crippen LogP contribution in [0.2, 0.25) is 0 Å². The minimum absolute atomic E-state index is 0.157. The summed E-state index contributed by atoms with van der Waals surface area (Å²) in [6.45, 7) is 0.157. The summed E-state index contributed by atoms with van der Waals surface area (Å²) in [7, 11) is 1.48. The molecule has 1 fully saturated rings. The summed E-state index contributed by atoms with van der Waals surface area (Å²) in [5.74, 6) is -1.37. The quantitative estimate of drug-likeness (QED) is 0.677. The molecule has 6 heteroatoms. The summed E-state index contributed by atoms with van der Waals surface area (Å²) < 4.78 is 5.17. The zero-order chi connectivity index (χ0) is 16.4. The van der Waals surface area contributed by atoms with E-state index in [0.717, 1.165) is 10.5 Å². The van der Waals surface area contributed by atoms with E-state index in [2.05, 4.69) is 5.32 Å². The van der Waals surface area contributed by atoms with E-state index in [0.29, 0.717) is 6.42 Å². The molecule has 0 aromatic heterocycles. The number of nitrogens with one attached hydrogen (secondary N) is 1. The van der Waals surface area contributed by atoms with Crippen LogP contribution in [0.5, 0.6) is 0 Å². The number of imide groups is 1. The monoisotopic (exact) mass is 314 g/mol. The fourth-order valence-electron chi connectivity index (χ4n) is 3.09. The van der Waals surface area contributed by atoms with Crippen LogP contribution in [0.1, 0.15) is 12.0 Å². The van der Waals surface area contributed by atoms with Gasteiger partial charge >= 0.3 is 6.09 Å². The third-order valence-corrected chi connectivity index (χ3v) is 4.31. The van der Waals surface area contributed by atoms with Gasteiger partial charge in [-0.15, -0.1) is 0 Å². The van der Waals surface area contributed by atoms with Gasteiger partial charge in [-0.1, -0.05) is 42.5 Å². The molecule has 3 amide bonds. The number of likely N-dealkylation sites (tertiary alicyclic amines) is 1. The third kappa shape index (κ3) is 2.97. The predicted molar refractivity (Wildman–Crippen MR) is 82.1 cm³/mol. The normalized spacial score (nSPS) is 26.1. The number of ether oxygens (including phenoxy) is 1. The van der Waals surface area contributed by atoms with Crippen LogP contribution in [0.25, 0.3) is 0 Å². The fourth-order valence-corrected chi connectivity index (χ4v) is 3.09. The smallest absolute Gasteiger partial charge is 0.407 e. The molecule has 6 nitrogen and oxygen atoms in total. The lowest BCUT2D eigenvalue weighted by molar-refractivity contribution is -0.138. The van der Waals surface area contributed by atoms with Crippen molar-refractivity contribution >= 4 is 17.9 Å². The molecule has 0 saturated carbocycles. The number of nitrogens with zero attached hydrogens (tertiary/aromatic N) is 1. The number of hydrogen-bond acceptors (Lipinski definition) is 4. The first-order valence-electron chi connectivity index (χ1n) is 7.53. The molecule has 3 rings (SSSR count). The second-order valence-electron chi connectivity index (χ2n) is 5.76. The first kappa shape index (κ1) is 15.3. The van der Waals surface area contributed by atoms with Gasteiger partial charge in [0, 0.05) is 7.05 Å².